The van der Waals surface area contributed by atoms with Crippen LogP contribution in [0.4, 0.5) is 5.69 Å². The first kappa shape index (κ1) is 27.6. The minimum absolute atomic E-state index is 0.0567. The number of carboxylic acids is 1. The number of carboxylic acid groups (broad SMARTS) is 1. The second-order valence-corrected chi connectivity index (χ2v) is 11.3. The van der Waals surface area contributed by atoms with Gasteiger partial charge in [0.1, 0.15) is 11.4 Å². The molecule has 42 heavy (non-hydrogen) atoms. The van der Waals surface area contributed by atoms with Crippen LogP contribution in [-0.4, -0.2) is 51.7 Å². The molecule has 1 aliphatic carbocycles. The van der Waals surface area contributed by atoms with Gasteiger partial charge in [-0.25, -0.2) is 9.78 Å². The van der Waals surface area contributed by atoms with Crippen molar-refractivity contribution in [3.8, 4) is 27.3 Å². The highest BCUT2D eigenvalue weighted by atomic mass is 32.1. The molecule has 4 aromatic rings. The maximum Gasteiger partial charge on any atom is 0.355 e. The first-order valence-electron chi connectivity index (χ1n) is 13.5. The molecule has 1 aliphatic heterocycles. The molecule has 11 heteroatoms. The summed E-state index contributed by atoms with van der Waals surface area (Å²) < 4.78 is 6.07. The van der Waals surface area contributed by atoms with E-state index >= 15 is 0 Å². The number of benzene rings is 2. The molecule has 0 spiro atoms. The Labute approximate surface area is 245 Å². The molecule has 0 radical (unpaired) electrons. The van der Waals surface area contributed by atoms with Crippen molar-refractivity contribution in [2.24, 2.45) is 5.73 Å². The van der Waals surface area contributed by atoms with Gasteiger partial charge in [-0.15, -0.1) is 11.3 Å². The number of hydrogen-bond donors (Lipinski definition) is 5. The summed E-state index contributed by atoms with van der Waals surface area (Å²) >= 11 is 1.54. The van der Waals surface area contributed by atoms with Gasteiger partial charge in [0.2, 0.25) is 0 Å². The van der Waals surface area contributed by atoms with E-state index in [1.807, 2.05) is 23.6 Å². The molecule has 0 saturated heterocycles. The first-order valence-corrected chi connectivity index (χ1v) is 14.4. The van der Waals surface area contributed by atoms with Crippen molar-refractivity contribution in [2.45, 2.75) is 31.4 Å². The molecule has 10 nitrogen and oxygen atoms in total. The molecule has 3 heterocycles. The van der Waals surface area contributed by atoms with E-state index in [0.717, 1.165) is 21.6 Å². The molecule has 6 rings (SSSR count). The fraction of sp³-hybridized carbons (Fsp3) is 0.226. The molecule has 214 valence electrons. The first-order chi connectivity index (χ1) is 20.2. The van der Waals surface area contributed by atoms with Crippen molar-refractivity contribution in [3.63, 3.8) is 0 Å². The molecule has 0 atom stereocenters. The second kappa shape index (κ2) is 11.0. The van der Waals surface area contributed by atoms with Crippen LogP contribution >= 0.6 is 11.3 Å². The molecule has 2 aromatic carbocycles. The molecule has 6 N–H and O–H groups in total. The summed E-state index contributed by atoms with van der Waals surface area (Å²) in [6.07, 6.45) is 1.88. The Bertz CT molecular complexity index is 1710. The van der Waals surface area contributed by atoms with Gasteiger partial charge in [0.15, 0.2) is 5.69 Å². The van der Waals surface area contributed by atoms with E-state index in [4.69, 9.17) is 10.5 Å². The van der Waals surface area contributed by atoms with Crippen LogP contribution in [-0.2, 0) is 13.0 Å². The van der Waals surface area contributed by atoms with Crippen LogP contribution < -0.4 is 21.1 Å². The molecular weight excluding hydrogens is 556 g/mol. The number of ether oxygens (including phenoxy) is 1. The Balaban J connectivity index is 1.44. The summed E-state index contributed by atoms with van der Waals surface area (Å²) in [5.41, 5.74) is 8.27. The number of nitrogens with two attached hydrogens (primary N) is 1. The highest BCUT2D eigenvalue weighted by Crippen LogP contribution is 2.43. The van der Waals surface area contributed by atoms with E-state index < -0.39 is 23.4 Å². The van der Waals surface area contributed by atoms with Gasteiger partial charge < -0.3 is 31.3 Å². The minimum atomic E-state index is -1.36. The van der Waals surface area contributed by atoms with E-state index in [1.54, 1.807) is 35.6 Å². The van der Waals surface area contributed by atoms with Crippen molar-refractivity contribution >= 4 is 34.8 Å². The predicted molar refractivity (Wildman–Crippen MR) is 158 cm³/mol. The number of aromatic nitrogens is 1. The number of carbonyl (C=O) groups excluding carboxylic acids is 2. The van der Waals surface area contributed by atoms with E-state index in [1.165, 1.54) is 12.1 Å². The van der Waals surface area contributed by atoms with E-state index in [-0.39, 0.29) is 29.1 Å². The maximum atomic E-state index is 13.8. The third-order valence-corrected chi connectivity index (χ3v) is 8.45. The van der Waals surface area contributed by atoms with Gasteiger partial charge in [0.05, 0.1) is 12.2 Å². The van der Waals surface area contributed by atoms with Crippen molar-refractivity contribution < 1.29 is 29.3 Å². The lowest BCUT2D eigenvalue weighted by molar-refractivity contribution is 0.0690. The van der Waals surface area contributed by atoms with Crippen LogP contribution in [0, 0.1) is 0 Å². The van der Waals surface area contributed by atoms with E-state index in [9.17, 15) is 24.6 Å². The number of anilines is 1. The Morgan fingerprint density at radius 1 is 1.00 bits per heavy atom. The number of nitrogens with zero attached hydrogens (tertiary/aromatic N) is 1. The second-order valence-electron chi connectivity index (χ2n) is 10.4. The number of rotatable bonds is 8. The summed E-state index contributed by atoms with van der Waals surface area (Å²) in [5, 5.41) is 27.7. The summed E-state index contributed by atoms with van der Waals surface area (Å²) in [7, 11) is 0. The van der Waals surface area contributed by atoms with Gasteiger partial charge in [-0.3, -0.25) is 9.59 Å². The SMILES string of the molecule is NCc1ccc(NC(=O)c2cc3c(cc2-c2ccc(C(=O)NCC4(O)CC4)nc2C(=O)O)OCCc2ccsc2-3)cc1. The number of carbonyl (C=O) groups is 3. The zero-order valence-corrected chi connectivity index (χ0v) is 23.3. The molecule has 0 unspecified atom stereocenters. The average Bonchev–Trinajstić information content (AvgIpc) is 3.61. The number of fused-ring (bicyclic) bond motifs is 3. The van der Waals surface area contributed by atoms with Gasteiger partial charge >= 0.3 is 5.97 Å². The lowest BCUT2D eigenvalue weighted by atomic mass is 9.93. The monoisotopic (exact) mass is 584 g/mol. The van der Waals surface area contributed by atoms with Crippen molar-refractivity contribution in [2.75, 3.05) is 18.5 Å². The summed E-state index contributed by atoms with van der Waals surface area (Å²) in [6.45, 7) is 0.845. The van der Waals surface area contributed by atoms with Crippen LogP contribution in [0.2, 0.25) is 0 Å². The molecule has 1 saturated carbocycles. The Morgan fingerprint density at radius 3 is 2.50 bits per heavy atom. The summed E-state index contributed by atoms with van der Waals surface area (Å²) in [5.74, 6) is -1.89. The van der Waals surface area contributed by atoms with Gasteiger partial charge in [-0.1, -0.05) is 12.1 Å². The molecule has 1 fully saturated rings. The summed E-state index contributed by atoms with van der Waals surface area (Å²) in [4.78, 5) is 44.1. The highest BCUT2D eigenvalue weighted by molar-refractivity contribution is 7.13. The topological polar surface area (TPSA) is 164 Å². The van der Waals surface area contributed by atoms with E-state index in [0.29, 0.717) is 49.4 Å². The fourth-order valence-corrected chi connectivity index (χ4v) is 5.85. The van der Waals surface area contributed by atoms with Crippen molar-refractivity contribution in [1.82, 2.24) is 10.3 Å². The van der Waals surface area contributed by atoms with Gasteiger partial charge in [-0.05, 0) is 71.8 Å². The van der Waals surface area contributed by atoms with Crippen LogP contribution in [0.5, 0.6) is 5.75 Å². The third-order valence-electron chi connectivity index (χ3n) is 7.46. The van der Waals surface area contributed by atoms with Crippen molar-refractivity contribution in [1.29, 1.82) is 0 Å². The van der Waals surface area contributed by atoms with Crippen LogP contribution in [0.1, 0.15) is 55.3 Å². The number of amides is 2. The number of nitrogens with one attached hydrogen (secondary N) is 2. The standard InChI is InChI=1S/C31H28N4O6S/c32-15-17-1-3-19(4-2-17)34-28(36)22-13-23-25(41-11-7-18-8-12-42-27(18)23)14-21(22)20-5-6-24(35-26(20)30(38)39)29(37)33-16-31(40)9-10-31/h1-6,8,12-14,40H,7,9-11,15-16,32H2,(H,33,37)(H,34,36)(H,38,39). The number of pyridine rings is 1. The molecule has 2 aromatic heterocycles. The lowest BCUT2D eigenvalue weighted by Gasteiger charge is -2.17. The molecule has 2 aliphatic rings. The van der Waals surface area contributed by atoms with Crippen LogP contribution in [0.15, 0.2) is 60.0 Å². The average molecular weight is 585 g/mol. The zero-order chi connectivity index (χ0) is 29.4. The predicted octanol–water partition coefficient (Wildman–Crippen LogP) is 4.08. The molecule has 0 bridgehead atoms. The van der Waals surface area contributed by atoms with Crippen LogP contribution in [0.3, 0.4) is 0 Å². The number of thiophene rings is 1. The highest BCUT2D eigenvalue weighted by Gasteiger charge is 2.40. The fourth-order valence-electron chi connectivity index (χ4n) is 4.87. The minimum Gasteiger partial charge on any atom is -0.493 e. The largest absolute Gasteiger partial charge is 0.493 e. The van der Waals surface area contributed by atoms with Crippen molar-refractivity contribution in [3.05, 3.63) is 88.1 Å². The number of aromatic carboxylic acids is 1. The Morgan fingerprint density at radius 2 is 1.79 bits per heavy atom. The summed E-state index contributed by atoms with van der Waals surface area (Å²) in [6, 6.07) is 15.4. The molecule has 2 amide bonds. The normalized spacial score (nSPS) is 14.5. The smallest absolute Gasteiger partial charge is 0.355 e. The van der Waals surface area contributed by atoms with Gasteiger partial charge in [-0.2, -0.15) is 0 Å². The lowest BCUT2D eigenvalue weighted by Crippen LogP contribution is -2.34. The van der Waals surface area contributed by atoms with Crippen LogP contribution in [0.25, 0.3) is 21.6 Å². The van der Waals surface area contributed by atoms with E-state index in [2.05, 4.69) is 15.6 Å². The number of hydrogen-bond acceptors (Lipinski definition) is 8. The van der Waals surface area contributed by atoms with Gasteiger partial charge in [0.25, 0.3) is 11.8 Å². The maximum absolute atomic E-state index is 13.8. The number of aliphatic hydroxyl groups is 1. The Hall–Kier alpha value is -4.58. The molecular formula is C31H28N4O6S. The third kappa shape index (κ3) is 5.49. The zero-order valence-electron chi connectivity index (χ0n) is 22.5. The Kier molecular flexibility index (Phi) is 7.23. The van der Waals surface area contributed by atoms with Gasteiger partial charge in [0, 0.05) is 52.3 Å². The quantitative estimate of drug-likeness (QED) is 0.207.